The van der Waals surface area contributed by atoms with Crippen LogP contribution < -0.4 is 4.90 Å². The Balaban J connectivity index is 1.43. The van der Waals surface area contributed by atoms with E-state index in [2.05, 4.69) is 36.1 Å². The number of rotatable bonds is 4. The lowest BCUT2D eigenvalue weighted by atomic mass is 10.1. The van der Waals surface area contributed by atoms with Gasteiger partial charge in [0.1, 0.15) is 0 Å². The second-order valence-electron chi connectivity index (χ2n) is 7.57. The van der Waals surface area contributed by atoms with Crippen LogP contribution in [0, 0.1) is 0 Å². The summed E-state index contributed by atoms with van der Waals surface area (Å²) >= 11 is 9.32. The van der Waals surface area contributed by atoms with E-state index in [1.807, 2.05) is 55.5 Å². The van der Waals surface area contributed by atoms with Gasteiger partial charge in [-0.3, -0.25) is 9.69 Å². The Labute approximate surface area is 207 Å². The van der Waals surface area contributed by atoms with E-state index < -0.39 is 0 Å². The maximum atomic E-state index is 13.1. The van der Waals surface area contributed by atoms with Crippen LogP contribution in [-0.2, 0) is 4.79 Å². The second-order valence-corrected chi connectivity index (χ2v) is 10.1. The van der Waals surface area contributed by atoms with Crippen LogP contribution in [0.3, 0.4) is 0 Å². The molecule has 166 valence electrons. The number of benzene rings is 3. The molecule has 7 heteroatoms. The number of aliphatic imine (C=N–C) groups is 1. The van der Waals surface area contributed by atoms with Crippen molar-refractivity contribution in [2.24, 2.45) is 4.99 Å². The fraction of sp³-hybridized carbons (Fsp3) is 0.154. The van der Waals surface area contributed by atoms with Crippen LogP contribution in [0.2, 0.25) is 5.02 Å². The minimum Gasteiger partial charge on any atom is -0.335 e. The van der Waals surface area contributed by atoms with Gasteiger partial charge in [0.25, 0.3) is 5.91 Å². The van der Waals surface area contributed by atoms with Gasteiger partial charge in [-0.05, 0) is 78.9 Å². The quantitative estimate of drug-likeness (QED) is 0.355. The molecular formula is C26H22ClN3OS2. The van der Waals surface area contributed by atoms with Gasteiger partial charge >= 0.3 is 0 Å². The third kappa shape index (κ3) is 4.31. The van der Waals surface area contributed by atoms with Crippen molar-refractivity contribution in [2.75, 3.05) is 18.0 Å². The monoisotopic (exact) mass is 491 g/mol. The first-order valence-electron chi connectivity index (χ1n) is 10.8. The van der Waals surface area contributed by atoms with Crippen molar-refractivity contribution in [3.63, 3.8) is 0 Å². The molecule has 5 rings (SSSR count). The zero-order chi connectivity index (χ0) is 22.9. The summed E-state index contributed by atoms with van der Waals surface area (Å²) in [6.45, 7) is 5.49. The molecule has 0 saturated carbocycles. The van der Waals surface area contributed by atoms with E-state index >= 15 is 0 Å². The summed E-state index contributed by atoms with van der Waals surface area (Å²) in [5.41, 5.74) is 1.96. The molecule has 1 fully saturated rings. The Kier molecular flexibility index (Phi) is 6.23. The maximum Gasteiger partial charge on any atom is 0.266 e. The van der Waals surface area contributed by atoms with Gasteiger partial charge in [-0.25, -0.2) is 4.99 Å². The Morgan fingerprint density at radius 2 is 1.70 bits per heavy atom. The van der Waals surface area contributed by atoms with E-state index in [-0.39, 0.29) is 5.91 Å². The number of amides is 1. The van der Waals surface area contributed by atoms with Crippen LogP contribution in [-0.4, -0.2) is 29.1 Å². The maximum absolute atomic E-state index is 13.1. The minimum absolute atomic E-state index is 0.00880. The number of likely N-dealkylation sites (N-methyl/N-ethyl adjacent to an activating group) is 1. The van der Waals surface area contributed by atoms with Crippen LogP contribution in [0.4, 0.5) is 11.4 Å². The van der Waals surface area contributed by atoms with Crippen molar-refractivity contribution in [3.8, 4) is 0 Å². The third-order valence-electron chi connectivity index (χ3n) is 5.55. The molecule has 4 nitrogen and oxygen atoms in total. The zero-order valence-corrected chi connectivity index (χ0v) is 20.7. The highest BCUT2D eigenvalue weighted by Gasteiger charge is 2.32. The molecule has 3 aromatic rings. The number of carbonyl (C=O) groups is 1. The van der Waals surface area contributed by atoms with Crippen molar-refractivity contribution >= 4 is 68.3 Å². The second kappa shape index (κ2) is 9.29. The number of fused-ring (bicyclic) bond motifs is 2. The average Bonchev–Trinajstić information content (AvgIpc) is 3.32. The van der Waals surface area contributed by atoms with E-state index in [1.165, 1.54) is 22.0 Å². The molecule has 0 N–H and O–H groups in total. The van der Waals surface area contributed by atoms with Crippen molar-refractivity contribution in [2.45, 2.75) is 18.7 Å². The van der Waals surface area contributed by atoms with Crippen LogP contribution in [0.15, 0.2) is 92.6 Å². The Morgan fingerprint density at radius 3 is 2.48 bits per heavy atom. The van der Waals surface area contributed by atoms with Crippen LogP contribution >= 0.6 is 35.1 Å². The zero-order valence-electron chi connectivity index (χ0n) is 18.3. The van der Waals surface area contributed by atoms with Gasteiger partial charge in [-0.15, -0.1) is 0 Å². The van der Waals surface area contributed by atoms with E-state index in [0.29, 0.717) is 16.6 Å². The largest absolute Gasteiger partial charge is 0.335 e. The molecule has 0 aromatic heterocycles. The third-order valence-corrected chi connectivity index (χ3v) is 7.94. The van der Waals surface area contributed by atoms with Gasteiger partial charge in [0.05, 0.1) is 21.3 Å². The van der Waals surface area contributed by atoms with Crippen molar-refractivity contribution < 1.29 is 4.79 Å². The van der Waals surface area contributed by atoms with Gasteiger partial charge in [0.2, 0.25) is 0 Å². The highest BCUT2D eigenvalue weighted by Crippen LogP contribution is 2.47. The molecule has 0 aliphatic carbocycles. The number of anilines is 1. The molecule has 2 aliphatic heterocycles. The first-order chi connectivity index (χ1) is 16.1. The van der Waals surface area contributed by atoms with E-state index in [4.69, 9.17) is 16.6 Å². The summed E-state index contributed by atoms with van der Waals surface area (Å²) in [5.74, 6) is -0.00880. The number of thioether (sulfide) groups is 2. The first-order valence-corrected chi connectivity index (χ1v) is 12.8. The summed E-state index contributed by atoms with van der Waals surface area (Å²) < 4.78 is 0. The summed E-state index contributed by atoms with van der Waals surface area (Å²) in [7, 11) is 0. The molecule has 1 saturated heterocycles. The lowest BCUT2D eigenvalue weighted by molar-refractivity contribution is -0.122. The number of carbonyl (C=O) groups excluding carboxylic acids is 1. The molecule has 3 aromatic carbocycles. The summed E-state index contributed by atoms with van der Waals surface area (Å²) in [5, 5.41) is 4.83. The highest BCUT2D eigenvalue weighted by molar-refractivity contribution is 8.18. The van der Waals surface area contributed by atoms with Crippen molar-refractivity contribution in [1.29, 1.82) is 0 Å². The molecule has 0 bridgehead atoms. The number of hydrogen-bond donors (Lipinski definition) is 0. The molecule has 0 atom stereocenters. The summed E-state index contributed by atoms with van der Waals surface area (Å²) in [4.78, 5) is 23.7. The number of allylic oxidation sites excluding steroid dienone is 2. The molecule has 0 radical (unpaired) electrons. The predicted molar refractivity (Wildman–Crippen MR) is 143 cm³/mol. The number of halogens is 1. The minimum atomic E-state index is -0.00880. The Bertz CT molecular complexity index is 1350. The molecule has 2 aliphatic rings. The molecular weight excluding hydrogens is 470 g/mol. The van der Waals surface area contributed by atoms with E-state index in [1.54, 1.807) is 16.7 Å². The van der Waals surface area contributed by atoms with Gasteiger partial charge < -0.3 is 4.90 Å². The standard InChI is InChI=1S/C26H22ClN3OS2/c1-3-29-21-16-19(27)10-12-22(21)32-24(29)14-13-23-25(31)30(4-2)26(33-23)28-20-11-9-17-7-5-6-8-18(17)15-20/h5-16H,3-4H2,1-2H3/b23-13+,24-14-,28-26?. The predicted octanol–water partition coefficient (Wildman–Crippen LogP) is 7.43. The van der Waals surface area contributed by atoms with E-state index in [9.17, 15) is 4.79 Å². The molecule has 33 heavy (non-hydrogen) atoms. The number of amidine groups is 1. The molecule has 2 heterocycles. The lowest BCUT2D eigenvalue weighted by Gasteiger charge is -2.17. The van der Waals surface area contributed by atoms with Crippen molar-refractivity contribution in [3.05, 3.63) is 87.8 Å². The number of hydrogen-bond acceptors (Lipinski definition) is 5. The van der Waals surface area contributed by atoms with E-state index in [0.717, 1.165) is 33.4 Å². The topological polar surface area (TPSA) is 35.9 Å². The van der Waals surface area contributed by atoms with Crippen LogP contribution in [0.5, 0.6) is 0 Å². The smallest absolute Gasteiger partial charge is 0.266 e. The Morgan fingerprint density at radius 1 is 0.909 bits per heavy atom. The normalized spacial score (nSPS) is 19.5. The van der Waals surface area contributed by atoms with Gasteiger partial charge in [-0.1, -0.05) is 53.7 Å². The molecule has 0 spiro atoms. The summed E-state index contributed by atoms with van der Waals surface area (Å²) in [6, 6.07) is 20.3. The van der Waals surface area contributed by atoms with Gasteiger partial charge in [0, 0.05) is 23.0 Å². The SMILES string of the molecule is CCN1C(=O)/C(=C\C=C2/Sc3ccc(Cl)cc3N2CC)SC1=Nc1ccc2ccccc2c1. The fourth-order valence-electron chi connectivity index (χ4n) is 3.91. The van der Waals surface area contributed by atoms with Gasteiger partial charge in [-0.2, -0.15) is 0 Å². The average molecular weight is 492 g/mol. The summed E-state index contributed by atoms with van der Waals surface area (Å²) in [6.07, 6.45) is 3.94. The fourth-order valence-corrected chi connectivity index (χ4v) is 6.19. The van der Waals surface area contributed by atoms with Gasteiger partial charge in [0.15, 0.2) is 5.17 Å². The van der Waals surface area contributed by atoms with Crippen LogP contribution in [0.1, 0.15) is 13.8 Å². The van der Waals surface area contributed by atoms with Crippen molar-refractivity contribution in [1.82, 2.24) is 4.90 Å². The highest BCUT2D eigenvalue weighted by atomic mass is 35.5. The molecule has 1 amide bonds. The molecule has 0 unspecified atom stereocenters. The number of nitrogens with zero attached hydrogens (tertiary/aromatic N) is 3. The van der Waals surface area contributed by atoms with Crippen LogP contribution in [0.25, 0.3) is 10.8 Å². The lowest BCUT2D eigenvalue weighted by Crippen LogP contribution is -2.28. The Hall–Kier alpha value is -2.67. The first kappa shape index (κ1) is 22.1.